The number of nitrogens with one attached hydrogen (secondary N) is 1. The molecule has 0 aliphatic carbocycles. The topological polar surface area (TPSA) is 27.7 Å². The number of hydrogen-bond donors (Lipinski definition) is 1. The Labute approximate surface area is 174 Å². The normalized spacial score (nSPS) is 26.0. The number of hydrogen-bond acceptors (Lipinski definition) is 4. The van der Waals surface area contributed by atoms with Gasteiger partial charge in [0.25, 0.3) is 0 Å². The zero-order valence-corrected chi connectivity index (χ0v) is 17.5. The molecule has 1 aromatic carbocycles. The number of anilines is 1. The van der Waals surface area contributed by atoms with Gasteiger partial charge >= 0.3 is 0 Å². The zero-order chi connectivity index (χ0) is 17.1. The van der Waals surface area contributed by atoms with Crippen LogP contribution >= 0.6 is 24.8 Å². The second-order valence-corrected chi connectivity index (χ2v) is 7.78. The fraction of sp³-hybridized carbons (Fsp3) is 0.700. The van der Waals surface area contributed by atoms with E-state index in [1.807, 2.05) is 12.1 Å². The van der Waals surface area contributed by atoms with Crippen molar-refractivity contribution in [3.8, 4) is 0 Å². The first-order valence-corrected chi connectivity index (χ1v) is 9.83. The van der Waals surface area contributed by atoms with Crippen molar-refractivity contribution in [3.05, 3.63) is 30.1 Å². The summed E-state index contributed by atoms with van der Waals surface area (Å²) >= 11 is 0. The summed E-state index contributed by atoms with van der Waals surface area (Å²) in [6.45, 7) is 7.42. The molecule has 154 valence electrons. The number of nitrogens with zero attached hydrogens (tertiary/aromatic N) is 2. The SMILES string of the molecule is Cl.Cl.Fc1ccc(N2CCCN(C3CCOC4(CCNCC4)C3)CC2)cc1. The van der Waals surface area contributed by atoms with Crippen LogP contribution in [-0.4, -0.2) is 62.4 Å². The van der Waals surface area contributed by atoms with E-state index in [1.165, 1.54) is 12.8 Å². The monoisotopic (exact) mass is 419 g/mol. The molecule has 0 radical (unpaired) electrons. The van der Waals surface area contributed by atoms with Crippen LogP contribution in [-0.2, 0) is 4.74 Å². The van der Waals surface area contributed by atoms with Gasteiger partial charge < -0.3 is 15.0 Å². The van der Waals surface area contributed by atoms with Crippen LogP contribution in [0.15, 0.2) is 24.3 Å². The molecule has 1 unspecified atom stereocenters. The maximum Gasteiger partial charge on any atom is 0.123 e. The Balaban J connectivity index is 0.00000131. The number of piperidine rings is 1. The lowest BCUT2D eigenvalue weighted by molar-refractivity contribution is -0.120. The molecule has 3 aliphatic heterocycles. The van der Waals surface area contributed by atoms with Crippen LogP contribution in [0.1, 0.15) is 32.1 Å². The fourth-order valence-electron chi connectivity index (χ4n) is 4.76. The van der Waals surface area contributed by atoms with Crippen molar-refractivity contribution in [1.82, 2.24) is 10.2 Å². The molecule has 1 atom stereocenters. The molecule has 7 heteroatoms. The minimum absolute atomic E-state index is 0. The maximum absolute atomic E-state index is 13.2. The second-order valence-electron chi connectivity index (χ2n) is 7.78. The van der Waals surface area contributed by atoms with Gasteiger partial charge in [0.1, 0.15) is 5.82 Å². The predicted molar refractivity (Wildman–Crippen MR) is 113 cm³/mol. The Kier molecular flexibility index (Phi) is 8.63. The Morgan fingerprint density at radius 3 is 2.48 bits per heavy atom. The second kappa shape index (κ2) is 10.3. The molecule has 3 saturated heterocycles. The summed E-state index contributed by atoms with van der Waals surface area (Å²) < 4.78 is 19.4. The van der Waals surface area contributed by atoms with E-state index < -0.39 is 0 Å². The van der Waals surface area contributed by atoms with Crippen LogP contribution < -0.4 is 10.2 Å². The first-order valence-electron chi connectivity index (χ1n) is 9.83. The number of rotatable bonds is 2. The Bertz CT molecular complexity index is 563. The Hall–Kier alpha value is -0.590. The van der Waals surface area contributed by atoms with Crippen molar-refractivity contribution in [2.75, 3.05) is 50.8 Å². The molecule has 3 aliphatic rings. The average molecular weight is 420 g/mol. The van der Waals surface area contributed by atoms with Gasteiger partial charge in [-0.05, 0) is 69.5 Å². The molecular formula is C20H32Cl2FN3O. The van der Waals surface area contributed by atoms with Gasteiger partial charge in [-0.3, -0.25) is 4.90 Å². The summed E-state index contributed by atoms with van der Waals surface area (Å²) in [5.41, 5.74) is 1.27. The maximum atomic E-state index is 13.2. The minimum atomic E-state index is -0.158. The molecule has 3 heterocycles. The summed E-state index contributed by atoms with van der Waals surface area (Å²) in [5, 5.41) is 3.46. The van der Waals surface area contributed by atoms with Crippen LogP contribution in [0.5, 0.6) is 0 Å². The van der Waals surface area contributed by atoms with Crippen molar-refractivity contribution in [2.45, 2.75) is 43.7 Å². The highest BCUT2D eigenvalue weighted by Crippen LogP contribution is 2.35. The summed E-state index contributed by atoms with van der Waals surface area (Å²) in [4.78, 5) is 5.09. The number of halogens is 3. The van der Waals surface area contributed by atoms with Gasteiger partial charge in [-0.25, -0.2) is 4.39 Å². The van der Waals surface area contributed by atoms with Gasteiger partial charge in [0.2, 0.25) is 0 Å². The van der Waals surface area contributed by atoms with E-state index in [0.717, 1.165) is 70.8 Å². The Morgan fingerprint density at radius 1 is 1.00 bits per heavy atom. The molecule has 1 aromatic rings. The van der Waals surface area contributed by atoms with Gasteiger partial charge in [0.15, 0.2) is 0 Å². The highest BCUT2D eigenvalue weighted by molar-refractivity contribution is 5.85. The summed E-state index contributed by atoms with van der Waals surface area (Å²) in [5.74, 6) is -0.158. The van der Waals surface area contributed by atoms with Gasteiger partial charge in [0, 0.05) is 44.5 Å². The fourth-order valence-corrected chi connectivity index (χ4v) is 4.76. The molecular weight excluding hydrogens is 388 g/mol. The van der Waals surface area contributed by atoms with Gasteiger partial charge in [-0.1, -0.05) is 0 Å². The Morgan fingerprint density at radius 2 is 1.74 bits per heavy atom. The molecule has 3 fully saturated rings. The van der Waals surface area contributed by atoms with Crippen LogP contribution in [0.4, 0.5) is 10.1 Å². The van der Waals surface area contributed by atoms with E-state index in [-0.39, 0.29) is 36.2 Å². The molecule has 4 nitrogen and oxygen atoms in total. The molecule has 27 heavy (non-hydrogen) atoms. The van der Waals surface area contributed by atoms with E-state index >= 15 is 0 Å². The van der Waals surface area contributed by atoms with E-state index in [9.17, 15) is 4.39 Å². The van der Waals surface area contributed by atoms with E-state index in [2.05, 4.69) is 15.1 Å². The number of benzene rings is 1. The van der Waals surface area contributed by atoms with E-state index in [4.69, 9.17) is 4.74 Å². The predicted octanol–water partition coefficient (Wildman–Crippen LogP) is 3.48. The van der Waals surface area contributed by atoms with Crippen LogP contribution in [0, 0.1) is 5.82 Å². The molecule has 0 amide bonds. The van der Waals surface area contributed by atoms with E-state index in [1.54, 1.807) is 12.1 Å². The van der Waals surface area contributed by atoms with Crippen LogP contribution in [0.2, 0.25) is 0 Å². The lowest BCUT2D eigenvalue weighted by atomic mass is 9.82. The first-order chi connectivity index (χ1) is 12.2. The average Bonchev–Trinajstić information content (AvgIpc) is 2.89. The standard InChI is InChI=1S/C20H30FN3O.2ClH/c21-17-2-4-18(5-3-17)23-11-1-12-24(14-13-23)19-6-15-25-20(16-19)7-9-22-10-8-20;;/h2-5,19,22H,1,6-16H2;2*1H. The van der Waals surface area contributed by atoms with Crippen LogP contribution in [0.3, 0.4) is 0 Å². The van der Waals surface area contributed by atoms with E-state index in [0.29, 0.717) is 6.04 Å². The largest absolute Gasteiger partial charge is 0.375 e. The van der Waals surface area contributed by atoms with Crippen molar-refractivity contribution < 1.29 is 9.13 Å². The lowest BCUT2D eigenvalue weighted by Gasteiger charge is -2.46. The third-order valence-electron chi connectivity index (χ3n) is 6.22. The minimum Gasteiger partial charge on any atom is -0.375 e. The molecule has 0 bridgehead atoms. The molecule has 0 saturated carbocycles. The van der Waals surface area contributed by atoms with Gasteiger partial charge in [0.05, 0.1) is 5.60 Å². The third-order valence-corrected chi connectivity index (χ3v) is 6.22. The van der Waals surface area contributed by atoms with Gasteiger partial charge in [-0.2, -0.15) is 0 Å². The summed E-state index contributed by atoms with van der Waals surface area (Å²) in [6.07, 6.45) is 5.82. The third kappa shape index (κ3) is 5.48. The van der Waals surface area contributed by atoms with Crippen molar-refractivity contribution in [2.24, 2.45) is 0 Å². The molecule has 1 spiro atoms. The first kappa shape index (κ1) is 22.7. The van der Waals surface area contributed by atoms with Gasteiger partial charge in [-0.15, -0.1) is 24.8 Å². The van der Waals surface area contributed by atoms with Crippen molar-refractivity contribution >= 4 is 30.5 Å². The molecule has 0 aromatic heterocycles. The highest BCUT2D eigenvalue weighted by atomic mass is 35.5. The lowest BCUT2D eigenvalue weighted by Crippen LogP contribution is -2.53. The summed E-state index contributed by atoms with van der Waals surface area (Å²) in [6, 6.07) is 7.60. The molecule has 1 N–H and O–H groups in total. The summed E-state index contributed by atoms with van der Waals surface area (Å²) in [7, 11) is 0. The quantitative estimate of drug-likeness (QED) is 0.793. The zero-order valence-electron chi connectivity index (χ0n) is 15.9. The van der Waals surface area contributed by atoms with Crippen molar-refractivity contribution in [3.63, 3.8) is 0 Å². The van der Waals surface area contributed by atoms with Crippen molar-refractivity contribution in [1.29, 1.82) is 0 Å². The smallest absolute Gasteiger partial charge is 0.123 e. The highest BCUT2D eigenvalue weighted by Gasteiger charge is 2.40. The van der Waals surface area contributed by atoms with Crippen LogP contribution in [0.25, 0.3) is 0 Å². The number of ether oxygens (including phenoxy) is 1. The molecule has 4 rings (SSSR count).